The molecule has 0 aliphatic heterocycles. The Morgan fingerprint density at radius 3 is 2.16 bits per heavy atom. The lowest BCUT2D eigenvalue weighted by atomic mass is 10.1. The summed E-state index contributed by atoms with van der Waals surface area (Å²) in [6.45, 7) is 4.90. The Morgan fingerprint density at radius 2 is 1.58 bits per heavy atom. The topological polar surface area (TPSA) is 173 Å². The minimum atomic E-state index is -0.838. The van der Waals surface area contributed by atoms with Crippen LogP contribution in [-0.4, -0.2) is 79.3 Å². The first-order chi connectivity index (χ1) is 20.7. The van der Waals surface area contributed by atoms with Crippen molar-refractivity contribution in [3.63, 3.8) is 0 Å². The molecule has 3 amide bonds. The van der Waals surface area contributed by atoms with E-state index in [0.29, 0.717) is 51.1 Å². The highest BCUT2D eigenvalue weighted by molar-refractivity contribution is 5.90. The molecule has 3 aromatic heterocycles. The number of hydrogen-bond acceptors (Lipinski definition) is 10. The molecule has 0 fully saturated rings. The van der Waals surface area contributed by atoms with Gasteiger partial charge in [0.05, 0.1) is 30.4 Å². The number of nitrogens with one attached hydrogen (secondary N) is 3. The van der Waals surface area contributed by atoms with Crippen molar-refractivity contribution in [3.05, 3.63) is 72.1 Å². The van der Waals surface area contributed by atoms with E-state index in [2.05, 4.69) is 45.9 Å². The summed E-state index contributed by atoms with van der Waals surface area (Å²) in [7, 11) is 1.23. The molecule has 0 aliphatic rings. The number of methoxy groups -OCH3 is 1. The summed E-state index contributed by atoms with van der Waals surface area (Å²) in [6.07, 6.45) is 6.75. The molecule has 0 spiro atoms. The number of hydrogen-bond donors (Lipinski definition) is 3. The van der Waals surface area contributed by atoms with Crippen LogP contribution in [-0.2, 0) is 50.1 Å². The van der Waals surface area contributed by atoms with Crippen LogP contribution in [0.5, 0.6) is 0 Å². The van der Waals surface area contributed by atoms with Crippen LogP contribution in [0.3, 0.4) is 0 Å². The fourth-order valence-corrected chi connectivity index (χ4v) is 4.29. The number of aromatic nitrogens is 5. The molecule has 0 radical (unpaired) electrons. The Balaban J connectivity index is 1.44. The largest absolute Gasteiger partial charge is 0.467 e. The van der Waals surface area contributed by atoms with Gasteiger partial charge in [-0.2, -0.15) is 0 Å². The monoisotopic (exact) mass is 593 g/mol. The maximum Gasteiger partial charge on any atom is 0.328 e. The average molecular weight is 594 g/mol. The van der Waals surface area contributed by atoms with Gasteiger partial charge < -0.3 is 20.7 Å². The van der Waals surface area contributed by atoms with E-state index in [1.807, 2.05) is 36.4 Å². The third-order valence-electron chi connectivity index (χ3n) is 6.35. The average Bonchev–Trinajstić information content (AvgIpc) is 3.42. The summed E-state index contributed by atoms with van der Waals surface area (Å²) in [5.41, 5.74) is 2.55. The predicted octanol–water partition coefficient (Wildman–Crippen LogP) is 0.739. The fraction of sp³-hybridized carbons (Fsp3) is 0.448. The Hall–Kier alpha value is -4.72. The van der Waals surface area contributed by atoms with E-state index in [1.54, 1.807) is 18.6 Å². The van der Waals surface area contributed by atoms with Gasteiger partial charge in [0.15, 0.2) is 0 Å². The summed E-state index contributed by atoms with van der Waals surface area (Å²) in [4.78, 5) is 59.2. The number of carbonyl (C=O) groups excluding carboxylic acids is 4. The van der Waals surface area contributed by atoms with Gasteiger partial charge in [-0.1, -0.05) is 17.3 Å². The lowest BCUT2D eigenvalue weighted by Gasteiger charge is -2.20. The number of unbranched alkanes of at least 4 members (excludes halogenated alkanes) is 1. The summed E-state index contributed by atoms with van der Waals surface area (Å²) in [5, 5.41) is 16.3. The molecule has 230 valence electrons. The van der Waals surface area contributed by atoms with Crippen LogP contribution in [0.1, 0.15) is 50.2 Å². The standard InChI is InChI=1S/C29H39N9O5/c1-21(29(42)43-3)33-28(41)26(34-22(2)39)12-6-9-15-32-27(40)20-38-19-25(35-36-38)18-37(16-23-10-4-7-13-30-23)17-24-11-5-8-14-31-24/h4-5,7-8,10-11,13-14,19,21,26H,6,9,12,15-18,20H2,1-3H3,(H,32,40)(H,33,41)(H,34,39)/t21-,26+/m1/s1. The minimum Gasteiger partial charge on any atom is -0.467 e. The van der Waals surface area contributed by atoms with Gasteiger partial charge in [0.25, 0.3) is 0 Å². The number of ether oxygens (including phenoxy) is 1. The van der Waals surface area contributed by atoms with E-state index in [9.17, 15) is 19.2 Å². The van der Waals surface area contributed by atoms with E-state index >= 15 is 0 Å². The highest BCUT2D eigenvalue weighted by atomic mass is 16.5. The first-order valence-electron chi connectivity index (χ1n) is 14.1. The molecule has 14 heteroatoms. The summed E-state index contributed by atoms with van der Waals surface area (Å²) in [6, 6.07) is 9.94. The van der Waals surface area contributed by atoms with Gasteiger partial charge >= 0.3 is 5.97 Å². The summed E-state index contributed by atoms with van der Waals surface area (Å²) >= 11 is 0. The third-order valence-corrected chi connectivity index (χ3v) is 6.35. The van der Waals surface area contributed by atoms with E-state index < -0.39 is 24.0 Å². The quantitative estimate of drug-likeness (QED) is 0.150. The fourth-order valence-electron chi connectivity index (χ4n) is 4.29. The van der Waals surface area contributed by atoms with Crippen LogP contribution >= 0.6 is 0 Å². The second kappa shape index (κ2) is 17.3. The van der Waals surface area contributed by atoms with Gasteiger partial charge in [-0.3, -0.25) is 29.3 Å². The van der Waals surface area contributed by atoms with Crippen molar-refractivity contribution < 1.29 is 23.9 Å². The zero-order valence-electron chi connectivity index (χ0n) is 24.7. The molecule has 0 unspecified atom stereocenters. The van der Waals surface area contributed by atoms with E-state index in [-0.39, 0.29) is 18.4 Å². The van der Waals surface area contributed by atoms with E-state index in [0.717, 1.165) is 11.4 Å². The van der Waals surface area contributed by atoms with Crippen molar-refractivity contribution >= 4 is 23.7 Å². The number of carbonyl (C=O) groups is 4. The van der Waals surface area contributed by atoms with E-state index in [4.69, 9.17) is 0 Å². The van der Waals surface area contributed by atoms with Crippen LogP contribution in [0.2, 0.25) is 0 Å². The van der Waals surface area contributed by atoms with Gasteiger partial charge in [0, 0.05) is 45.5 Å². The molecule has 3 heterocycles. The zero-order chi connectivity index (χ0) is 31.0. The molecule has 43 heavy (non-hydrogen) atoms. The SMILES string of the molecule is COC(=O)[C@@H](C)NC(=O)[C@H](CCCCNC(=O)Cn1cc(CN(Cc2ccccn2)Cc2ccccn2)nn1)NC(C)=O. The van der Waals surface area contributed by atoms with Gasteiger partial charge in [0.1, 0.15) is 18.6 Å². The Morgan fingerprint density at radius 1 is 0.930 bits per heavy atom. The molecule has 3 rings (SSSR count). The molecule has 3 N–H and O–H groups in total. The molecular formula is C29H39N9O5. The molecule has 0 bridgehead atoms. The highest BCUT2D eigenvalue weighted by Crippen LogP contribution is 2.11. The summed E-state index contributed by atoms with van der Waals surface area (Å²) in [5.74, 6) is -1.64. The number of nitrogens with zero attached hydrogens (tertiary/aromatic N) is 6. The van der Waals surface area contributed by atoms with Crippen molar-refractivity contribution in [1.82, 2.24) is 45.8 Å². The van der Waals surface area contributed by atoms with Gasteiger partial charge in [-0.05, 0) is 50.5 Å². The number of pyridine rings is 2. The third kappa shape index (κ3) is 12.0. The second-order valence-electron chi connectivity index (χ2n) is 10.0. The van der Waals surface area contributed by atoms with Gasteiger partial charge in [-0.25, -0.2) is 9.48 Å². The van der Waals surface area contributed by atoms with Crippen LogP contribution in [0.15, 0.2) is 55.0 Å². The number of rotatable bonds is 17. The summed E-state index contributed by atoms with van der Waals surface area (Å²) < 4.78 is 6.11. The van der Waals surface area contributed by atoms with Crippen LogP contribution in [0.4, 0.5) is 0 Å². The normalized spacial score (nSPS) is 12.3. The molecule has 2 atom stereocenters. The van der Waals surface area contributed by atoms with Gasteiger partial charge in [0.2, 0.25) is 17.7 Å². The first kappa shape index (κ1) is 32.8. The van der Waals surface area contributed by atoms with Gasteiger partial charge in [-0.15, -0.1) is 5.10 Å². The molecule has 3 aromatic rings. The zero-order valence-corrected chi connectivity index (χ0v) is 24.7. The molecule has 0 saturated carbocycles. The molecule has 0 aromatic carbocycles. The van der Waals surface area contributed by atoms with E-state index in [1.165, 1.54) is 25.6 Å². The maximum atomic E-state index is 12.5. The van der Waals surface area contributed by atoms with Crippen LogP contribution in [0, 0.1) is 0 Å². The Labute approximate surface area is 250 Å². The maximum absolute atomic E-state index is 12.5. The smallest absolute Gasteiger partial charge is 0.328 e. The molecular weight excluding hydrogens is 554 g/mol. The van der Waals surface area contributed by atoms with Crippen molar-refractivity contribution in [2.24, 2.45) is 0 Å². The van der Waals surface area contributed by atoms with Crippen LogP contribution in [0.25, 0.3) is 0 Å². The number of amides is 3. The first-order valence-corrected chi connectivity index (χ1v) is 14.1. The lowest BCUT2D eigenvalue weighted by molar-refractivity contribution is -0.144. The Bertz CT molecular complexity index is 1280. The second-order valence-corrected chi connectivity index (χ2v) is 10.0. The van der Waals surface area contributed by atoms with Crippen LogP contribution < -0.4 is 16.0 Å². The molecule has 0 aliphatic carbocycles. The van der Waals surface area contributed by atoms with Crippen molar-refractivity contribution in [2.45, 2.75) is 71.4 Å². The predicted molar refractivity (Wildman–Crippen MR) is 156 cm³/mol. The molecule has 14 nitrogen and oxygen atoms in total. The Kier molecular flexibility index (Phi) is 13.2. The number of esters is 1. The minimum absolute atomic E-state index is 0.00974. The van der Waals surface area contributed by atoms with Crippen molar-refractivity contribution in [3.8, 4) is 0 Å². The lowest BCUT2D eigenvalue weighted by Crippen LogP contribution is -2.50. The van der Waals surface area contributed by atoms with Crippen molar-refractivity contribution in [1.29, 1.82) is 0 Å². The van der Waals surface area contributed by atoms with Crippen molar-refractivity contribution in [2.75, 3.05) is 13.7 Å². The highest BCUT2D eigenvalue weighted by Gasteiger charge is 2.23. The molecule has 0 saturated heterocycles.